The van der Waals surface area contributed by atoms with Gasteiger partial charge in [0.2, 0.25) is 5.79 Å². The Morgan fingerprint density at radius 1 is 0.830 bits per heavy atom. The van der Waals surface area contributed by atoms with Gasteiger partial charge in [-0.1, -0.05) is 41.5 Å². The van der Waals surface area contributed by atoms with Gasteiger partial charge in [-0.2, -0.15) is 0 Å². The number of non-ortho nitro benzene ring substituents is 1. The van der Waals surface area contributed by atoms with Crippen LogP contribution < -0.4 is 0 Å². The first kappa shape index (κ1) is 40.8. The Bertz CT molecular complexity index is 1210. The molecule has 2 heterocycles. The monoisotopic (exact) mass is 678 g/mol. The molecule has 0 aliphatic carbocycles. The third kappa shape index (κ3) is 10.5. The highest BCUT2D eigenvalue weighted by Gasteiger charge is 2.57. The number of rotatable bonds is 9. The average molecular weight is 679 g/mol. The summed E-state index contributed by atoms with van der Waals surface area (Å²) in [5.74, 6) is -2.84. The molecule has 2 saturated heterocycles. The summed E-state index contributed by atoms with van der Waals surface area (Å²) in [6.45, 7) is 12.0. The van der Waals surface area contributed by atoms with Gasteiger partial charge in [0.05, 0.1) is 35.2 Å². The van der Waals surface area contributed by atoms with Crippen molar-refractivity contribution in [3.63, 3.8) is 0 Å². The molecule has 47 heavy (non-hydrogen) atoms. The molecule has 8 N–H and O–H groups in total. The van der Waals surface area contributed by atoms with Crippen molar-refractivity contribution in [1.29, 1.82) is 0 Å². The molecule has 4 unspecified atom stereocenters. The maximum Gasteiger partial charge on any atom is 0.279 e. The lowest BCUT2D eigenvalue weighted by molar-refractivity contribution is -0.399. The fourth-order valence-corrected chi connectivity index (χ4v) is 5.33. The number of hydrogen-bond donors (Lipinski definition) is 8. The Hall–Kier alpha value is -2.42. The number of nitro benzene ring substituents is 2. The molecule has 2 fully saturated rings. The van der Waals surface area contributed by atoms with Crippen molar-refractivity contribution in [3.8, 4) is 0 Å². The fourth-order valence-electron chi connectivity index (χ4n) is 5.33. The summed E-state index contributed by atoms with van der Waals surface area (Å²) in [6.07, 6.45) is -12.4. The first-order valence-electron chi connectivity index (χ1n) is 15.2. The van der Waals surface area contributed by atoms with Gasteiger partial charge < -0.3 is 55.1 Å². The molecule has 3 rings (SSSR count). The van der Waals surface area contributed by atoms with Crippen LogP contribution in [0.1, 0.15) is 65.5 Å². The third-order valence-corrected chi connectivity index (χ3v) is 7.95. The minimum Gasteiger partial charge on any atom is -0.394 e. The largest absolute Gasteiger partial charge is 0.394 e. The Morgan fingerprint density at radius 2 is 1.43 bits per heavy atom. The standard InChI is InChI=1S/C18H34O11.C12H16N2O4/c1-17(2,3)5-4-8-12(22)15(18(25,26)10(7-20)27-8)29-16-14(24)13(23)11(21)9(6-19)28-16;1-8-5-9(13(15)16)6-11(14(17)18)10(8)7-12(2,3)4/h8-16,19-26H,4-7H2,1-3H3;5-6H,7H2,1-4H3/t8-,9?,10?,11-,12+,13?,14-,15?,16-;/m0./s1. The van der Waals surface area contributed by atoms with Crippen molar-refractivity contribution in [2.24, 2.45) is 10.8 Å². The van der Waals surface area contributed by atoms with Gasteiger partial charge in [-0.05, 0) is 42.6 Å². The van der Waals surface area contributed by atoms with E-state index >= 15 is 0 Å². The normalized spacial score (nSPS) is 31.1. The summed E-state index contributed by atoms with van der Waals surface area (Å²) in [6, 6.07) is 2.42. The first-order valence-corrected chi connectivity index (χ1v) is 15.2. The van der Waals surface area contributed by atoms with E-state index in [1.807, 2.05) is 41.5 Å². The number of aliphatic hydroxyl groups is 8. The number of nitrogens with zero attached hydrogens (tertiary/aromatic N) is 2. The third-order valence-electron chi connectivity index (χ3n) is 7.95. The second kappa shape index (κ2) is 15.9. The van der Waals surface area contributed by atoms with Gasteiger partial charge in [0.25, 0.3) is 11.4 Å². The lowest BCUT2D eigenvalue weighted by Crippen LogP contribution is -2.70. The van der Waals surface area contributed by atoms with Crippen LogP contribution in [0.3, 0.4) is 0 Å². The molecule has 270 valence electrons. The second-order valence-electron chi connectivity index (χ2n) is 14.5. The van der Waals surface area contributed by atoms with E-state index in [0.29, 0.717) is 30.4 Å². The zero-order valence-electron chi connectivity index (χ0n) is 27.7. The van der Waals surface area contributed by atoms with Crippen LogP contribution >= 0.6 is 0 Å². The Kier molecular flexibility index (Phi) is 13.8. The van der Waals surface area contributed by atoms with E-state index in [1.165, 1.54) is 6.07 Å². The van der Waals surface area contributed by atoms with Crippen molar-refractivity contribution in [2.45, 2.75) is 129 Å². The summed E-state index contributed by atoms with van der Waals surface area (Å²) in [7, 11) is 0. The number of aryl methyl sites for hydroxylation is 1. The number of nitro groups is 2. The molecular formula is C30H50N2O15. The van der Waals surface area contributed by atoms with Crippen LogP contribution in [0.25, 0.3) is 0 Å². The molecule has 17 heteroatoms. The summed E-state index contributed by atoms with van der Waals surface area (Å²) >= 11 is 0. The lowest BCUT2D eigenvalue weighted by atomic mass is 9.84. The van der Waals surface area contributed by atoms with E-state index in [0.717, 1.165) is 6.07 Å². The van der Waals surface area contributed by atoms with Crippen molar-refractivity contribution < 1.29 is 64.9 Å². The molecule has 0 bridgehead atoms. The van der Waals surface area contributed by atoms with E-state index in [-0.39, 0.29) is 22.2 Å². The fraction of sp³-hybridized carbons (Fsp3) is 0.800. The van der Waals surface area contributed by atoms with Gasteiger partial charge in [-0.15, -0.1) is 0 Å². The maximum atomic E-state index is 11.0. The lowest BCUT2D eigenvalue weighted by Gasteiger charge is -2.49. The Balaban J connectivity index is 0.000000366. The molecule has 17 nitrogen and oxygen atoms in total. The summed E-state index contributed by atoms with van der Waals surface area (Å²) < 4.78 is 16.1. The van der Waals surface area contributed by atoms with Crippen molar-refractivity contribution in [2.75, 3.05) is 13.2 Å². The second-order valence-corrected chi connectivity index (χ2v) is 14.5. The van der Waals surface area contributed by atoms with Crippen LogP contribution in [0.15, 0.2) is 12.1 Å². The minimum absolute atomic E-state index is 0.0988. The van der Waals surface area contributed by atoms with Gasteiger partial charge >= 0.3 is 0 Å². The number of benzene rings is 1. The van der Waals surface area contributed by atoms with Crippen LogP contribution in [0.5, 0.6) is 0 Å². The quantitative estimate of drug-likeness (QED) is 0.0984. The molecule has 0 spiro atoms. The molecular weight excluding hydrogens is 628 g/mol. The first-order chi connectivity index (χ1) is 21.4. The highest BCUT2D eigenvalue weighted by molar-refractivity contribution is 5.53. The summed E-state index contributed by atoms with van der Waals surface area (Å²) in [5.41, 5.74) is 0.529. The predicted octanol–water partition coefficient (Wildman–Crippen LogP) is 0.199. The Morgan fingerprint density at radius 3 is 1.89 bits per heavy atom. The summed E-state index contributed by atoms with van der Waals surface area (Å²) in [5, 5.41) is 102. The van der Waals surface area contributed by atoms with Gasteiger partial charge in [-0.25, -0.2) is 0 Å². The van der Waals surface area contributed by atoms with Crippen LogP contribution in [0, 0.1) is 38.0 Å². The van der Waals surface area contributed by atoms with Gasteiger partial charge in [-0.3, -0.25) is 20.2 Å². The number of ether oxygens (including phenoxy) is 3. The molecule has 9 atom stereocenters. The number of aliphatic hydroxyl groups excluding tert-OH is 6. The van der Waals surface area contributed by atoms with Crippen molar-refractivity contribution in [1.82, 2.24) is 0 Å². The van der Waals surface area contributed by atoms with E-state index in [2.05, 4.69) is 0 Å². The van der Waals surface area contributed by atoms with E-state index in [9.17, 15) is 61.1 Å². The molecule has 0 saturated carbocycles. The molecule has 0 radical (unpaired) electrons. The van der Waals surface area contributed by atoms with Crippen LogP contribution in [-0.4, -0.2) is 125 Å². The predicted molar refractivity (Wildman–Crippen MR) is 164 cm³/mol. The van der Waals surface area contributed by atoms with Crippen LogP contribution in [0.4, 0.5) is 11.4 Å². The zero-order valence-corrected chi connectivity index (χ0v) is 27.7. The van der Waals surface area contributed by atoms with Crippen molar-refractivity contribution in [3.05, 3.63) is 43.5 Å². The van der Waals surface area contributed by atoms with E-state index in [4.69, 9.17) is 14.2 Å². The highest BCUT2D eigenvalue weighted by atomic mass is 16.7. The number of hydrogen-bond acceptors (Lipinski definition) is 15. The zero-order chi connectivity index (χ0) is 36.2. The molecule has 2 aliphatic heterocycles. The van der Waals surface area contributed by atoms with Gasteiger partial charge in [0.15, 0.2) is 6.29 Å². The van der Waals surface area contributed by atoms with E-state index < -0.39 is 84.0 Å². The van der Waals surface area contributed by atoms with Crippen molar-refractivity contribution >= 4 is 11.4 Å². The molecule has 0 aromatic heterocycles. The Labute approximate surface area is 272 Å². The molecule has 1 aromatic carbocycles. The van der Waals surface area contributed by atoms with Gasteiger partial charge in [0.1, 0.15) is 42.7 Å². The highest BCUT2D eigenvalue weighted by Crippen LogP contribution is 2.37. The SMILES string of the molecule is CC(C)(C)CC[C@@H]1OC(CO)C(O)(O)C(O[C@@H]2OC(CO)[C@H](O)C(O)[C@@H]2O)[C@@H]1O.Cc1cc([N+](=O)[O-])cc([N+](=O)[O-])c1CC(C)(C)C. The maximum absolute atomic E-state index is 11.0. The molecule has 1 aromatic rings. The topological polar surface area (TPSA) is 276 Å². The van der Waals surface area contributed by atoms with Gasteiger partial charge in [0, 0.05) is 11.6 Å². The smallest absolute Gasteiger partial charge is 0.279 e. The van der Waals surface area contributed by atoms with Crippen LogP contribution in [0.2, 0.25) is 0 Å². The molecule has 2 aliphatic rings. The molecule has 0 amide bonds. The van der Waals surface area contributed by atoms with Crippen LogP contribution in [-0.2, 0) is 20.6 Å². The average Bonchev–Trinajstić information content (AvgIpc) is 2.94. The summed E-state index contributed by atoms with van der Waals surface area (Å²) in [4.78, 5) is 20.6. The minimum atomic E-state index is -2.84. The van der Waals surface area contributed by atoms with E-state index in [1.54, 1.807) is 6.92 Å².